The molecule has 0 unspecified atom stereocenters. The van der Waals surface area contributed by atoms with Crippen molar-refractivity contribution in [2.45, 2.75) is 0 Å². The van der Waals surface area contributed by atoms with Gasteiger partial charge in [0.25, 0.3) is 0 Å². The van der Waals surface area contributed by atoms with Crippen LogP contribution in [0, 0.1) is 0 Å². The first kappa shape index (κ1) is 30.6. The molecule has 10 rings (SSSR count). The van der Waals surface area contributed by atoms with E-state index in [2.05, 4.69) is 194 Å². The van der Waals surface area contributed by atoms with Crippen LogP contribution < -0.4 is 17.6 Å². The maximum absolute atomic E-state index is 3.61. The molecule has 0 saturated carbocycles. The fourth-order valence-corrected chi connectivity index (χ4v) is 20.8. The molecule has 10 aromatic rings. The Labute approximate surface area is 308 Å². The topological polar surface area (TPSA) is 0 Å². The van der Waals surface area contributed by atoms with Crippen molar-refractivity contribution in [3.05, 3.63) is 194 Å². The van der Waals surface area contributed by atoms with E-state index in [0.717, 1.165) is 0 Å². The van der Waals surface area contributed by atoms with E-state index in [4.69, 9.17) is 0 Å². The van der Waals surface area contributed by atoms with Gasteiger partial charge in [0.15, 0.2) is 0 Å². The molecule has 2 aromatic heterocycles. The molecule has 0 spiro atoms. The van der Waals surface area contributed by atoms with Crippen molar-refractivity contribution in [2.24, 2.45) is 0 Å². The summed E-state index contributed by atoms with van der Waals surface area (Å²) in [6.07, 6.45) is 0. The Kier molecular flexibility index (Phi) is 7.49. The number of fused-ring (bicyclic) bond motifs is 6. The summed E-state index contributed by atoms with van der Waals surface area (Å²) < 4.78 is 11.1. The van der Waals surface area contributed by atoms with Crippen LogP contribution in [0.1, 0.15) is 0 Å². The third-order valence-corrected chi connectivity index (χ3v) is 22.8. The van der Waals surface area contributed by atoms with E-state index in [1.165, 1.54) is 80.2 Å². The predicted octanol–water partition coefficient (Wildman–Crippen LogP) is 11.1. The SMILES string of the molecule is c1cc[c]([Ge]([c]2ccccc2)([c]2cccc(-c3cccc4c3sc3ccccc34)c2)[c]2cccc(-c3cccc4c3sc3ccccc34)c2)cc1. The molecule has 2 heterocycles. The summed E-state index contributed by atoms with van der Waals surface area (Å²) in [7, 11) is 0. The average molecular weight is 746 g/mol. The first-order valence-electron chi connectivity index (χ1n) is 17.4. The zero-order valence-electron chi connectivity index (χ0n) is 27.8. The second-order valence-electron chi connectivity index (χ2n) is 13.2. The summed E-state index contributed by atoms with van der Waals surface area (Å²) in [5.74, 6) is 0. The van der Waals surface area contributed by atoms with Crippen molar-refractivity contribution in [2.75, 3.05) is 0 Å². The van der Waals surface area contributed by atoms with Crippen LogP contribution in [0.5, 0.6) is 0 Å². The Morgan fingerprint density at radius 3 is 1.14 bits per heavy atom. The molecule has 0 fully saturated rings. The van der Waals surface area contributed by atoms with E-state index in [1.54, 1.807) is 0 Å². The number of hydrogen-bond donors (Lipinski definition) is 0. The van der Waals surface area contributed by atoms with Crippen LogP contribution in [-0.4, -0.2) is 13.3 Å². The first-order chi connectivity index (χ1) is 25.3. The summed E-state index contributed by atoms with van der Waals surface area (Å²) in [5.41, 5.74) is 5.16. The van der Waals surface area contributed by atoms with Gasteiger partial charge in [0, 0.05) is 0 Å². The molecule has 0 amide bonds. The molecule has 0 bridgehead atoms. The minimum atomic E-state index is -3.61. The fourth-order valence-electron chi connectivity index (χ4n) is 8.17. The van der Waals surface area contributed by atoms with E-state index >= 15 is 0 Å². The van der Waals surface area contributed by atoms with Gasteiger partial charge in [-0.3, -0.25) is 0 Å². The quantitative estimate of drug-likeness (QED) is 0.149. The van der Waals surface area contributed by atoms with Crippen LogP contribution >= 0.6 is 22.7 Å². The second-order valence-corrected chi connectivity index (χ2v) is 23.3. The number of benzene rings is 8. The zero-order valence-corrected chi connectivity index (χ0v) is 31.5. The molecule has 0 radical (unpaired) electrons. The van der Waals surface area contributed by atoms with Crippen LogP contribution in [0.4, 0.5) is 0 Å². The Morgan fingerprint density at radius 2 is 0.667 bits per heavy atom. The molecule has 240 valence electrons. The van der Waals surface area contributed by atoms with Gasteiger partial charge in [-0.2, -0.15) is 0 Å². The Bertz CT molecular complexity index is 2670. The van der Waals surface area contributed by atoms with Gasteiger partial charge in [-0.1, -0.05) is 0 Å². The van der Waals surface area contributed by atoms with Crippen LogP contribution in [0.25, 0.3) is 62.6 Å². The van der Waals surface area contributed by atoms with E-state index in [0.29, 0.717) is 0 Å². The van der Waals surface area contributed by atoms with Crippen molar-refractivity contribution in [3.8, 4) is 22.3 Å². The molecule has 0 aliphatic carbocycles. The third-order valence-electron chi connectivity index (χ3n) is 10.4. The van der Waals surface area contributed by atoms with Gasteiger partial charge in [0.1, 0.15) is 0 Å². The zero-order chi connectivity index (χ0) is 33.8. The van der Waals surface area contributed by atoms with Crippen molar-refractivity contribution in [1.82, 2.24) is 0 Å². The summed E-state index contributed by atoms with van der Waals surface area (Å²) in [6, 6.07) is 73.0. The van der Waals surface area contributed by atoms with Crippen LogP contribution in [0.15, 0.2) is 194 Å². The summed E-state index contributed by atoms with van der Waals surface area (Å²) >= 11 is 0.200. The number of rotatable bonds is 6. The molecule has 0 N–H and O–H groups in total. The Hall–Kier alpha value is -5.26. The molecule has 51 heavy (non-hydrogen) atoms. The molecule has 0 aliphatic rings. The minimum absolute atomic E-state index is 1.28. The normalized spacial score (nSPS) is 11.9. The van der Waals surface area contributed by atoms with Gasteiger partial charge < -0.3 is 0 Å². The molecule has 0 nitrogen and oxygen atoms in total. The summed E-state index contributed by atoms with van der Waals surface area (Å²) in [5, 5.41) is 5.34. The van der Waals surface area contributed by atoms with Crippen molar-refractivity contribution in [3.63, 3.8) is 0 Å². The number of thiophene rings is 2. The Morgan fingerprint density at radius 1 is 0.294 bits per heavy atom. The third kappa shape index (κ3) is 4.93. The molecule has 8 aromatic carbocycles. The maximum atomic E-state index is 2.53. The van der Waals surface area contributed by atoms with E-state index in [9.17, 15) is 0 Å². The molecular formula is C48H32GeS2. The van der Waals surface area contributed by atoms with Crippen LogP contribution in [0.3, 0.4) is 0 Å². The summed E-state index contributed by atoms with van der Waals surface area (Å²) in [6.45, 7) is 0. The van der Waals surface area contributed by atoms with Crippen LogP contribution in [0.2, 0.25) is 0 Å². The van der Waals surface area contributed by atoms with Gasteiger partial charge in [0.05, 0.1) is 0 Å². The van der Waals surface area contributed by atoms with Gasteiger partial charge in [-0.05, 0) is 0 Å². The fraction of sp³-hybridized carbons (Fsp3) is 0. The monoisotopic (exact) mass is 746 g/mol. The predicted molar refractivity (Wildman–Crippen MR) is 227 cm³/mol. The molecule has 3 heteroatoms. The van der Waals surface area contributed by atoms with Gasteiger partial charge >= 0.3 is 310 Å². The van der Waals surface area contributed by atoms with E-state index in [1.807, 2.05) is 22.7 Å². The summed E-state index contributed by atoms with van der Waals surface area (Å²) in [4.78, 5) is 0. The number of hydrogen-bond acceptors (Lipinski definition) is 2. The van der Waals surface area contributed by atoms with Crippen molar-refractivity contribution in [1.29, 1.82) is 0 Å². The first-order valence-corrected chi connectivity index (χ1v) is 23.3. The Balaban J connectivity index is 1.24. The van der Waals surface area contributed by atoms with Gasteiger partial charge in [0.2, 0.25) is 0 Å². The standard InChI is InChI=1S/C48H32GeS2/c1-3-17-35(18-4-1)49(36-19-5-2-6-20-36,37-21-11-15-33(31-37)39-25-13-27-43-41-23-7-9-29-45(41)50-47(39)43)38-22-12-16-34(32-38)40-26-14-28-44-42-24-8-10-30-46(42)51-48(40)44/h1-32H. The molecule has 0 atom stereocenters. The average Bonchev–Trinajstić information content (AvgIpc) is 3.78. The van der Waals surface area contributed by atoms with Crippen LogP contribution in [-0.2, 0) is 0 Å². The van der Waals surface area contributed by atoms with E-state index in [-0.39, 0.29) is 0 Å². The molecule has 0 aliphatic heterocycles. The molecular weight excluding hydrogens is 713 g/mol. The van der Waals surface area contributed by atoms with Gasteiger partial charge in [-0.15, -0.1) is 0 Å². The van der Waals surface area contributed by atoms with Gasteiger partial charge in [-0.25, -0.2) is 0 Å². The van der Waals surface area contributed by atoms with Crippen molar-refractivity contribution < 1.29 is 0 Å². The van der Waals surface area contributed by atoms with E-state index < -0.39 is 13.3 Å². The van der Waals surface area contributed by atoms with Crippen molar-refractivity contribution >= 4 is 93.9 Å². The molecule has 0 saturated heterocycles. The second kappa shape index (κ2) is 12.5.